The molecule has 1 aliphatic heterocycles. The van der Waals surface area contributed by atoms with Gasteiger partial charge in [-0.25, -0.2) is 4.79 Å². The molecule has 1 fully saturated rings. The van der Waals surface area contributed by atoms with Crippen LogP contribution in [0.15, 0.2) is 12.1 Å². The van der Waals surface area contributed by atoms with E-state index < -0.39 is 5.97 Å². The molecular formula is C13H14ClNO4S. The number of thioether (sulfide) groups is 1. The Balaban J connectivity index is 2.23. The van der Waals surface area contributed by atoms with E-state index in [0.29, 0.717) is 5.69 Å². The summed E-state index contributed by atoms with van der Waals surface area (Å²) in [5.74, 6) is 0.691. The van der Waals surface area contributed by atoms with Gasteiger partial charge in [0.1, 0.15) is 11.3 Å². The van der Waals surface area contributed by atoms with Crippen molar-refractivity contribution >= 4 is 40.9 Å². The van der Waals surface area contributed by atoms with E-state index in [0.717, 1.165) is 17.9 Å². The highest BCUT2D eigenvalue weighted by Gasteiger charge is 2.24. The van der Waals surface area contributed by atoms with E-state index in [1.54, 1.807) is 11.8 Å². The van der Waals surface area contributed by atoms with Gasteiger partial charge in [0, 0.05) is 17.7 Å². The first-order valence-corrected chi connectivity index (χ1v) is 7.55. The summed E-state index contributed by atoms with van der Waals surface area (Å²) in [5, 5.41) is 12.0. The van der Waals surface area contributed by atoms with Crippen molar-refractivity contribution in [2.24, 2.45) is 5.92 Å². The Morgan fingerprint density at radius 2 is 2.25 bits per heavy atom. The van der Waals surface area contributed by atoms with Crippen LogP contribution in [0.4, 0.5) is 5.69 Å². The fraction of sp³-hybridized carbons (Fsp3) is 0.385. The number of benzene rings is 1. The second kappa shape index (κ2) is 6.37. The maximum atomic E-state index is 12.0. The minimum absolute atomic E-state index is 0.0267. The van der Waals surface area contributed by atoms with E-state index in [9.17, 15) is 9.59 Å². The molecule has 1 aromatic rings. The van der Waals surface area contributed by atoms with Gasteiger partial charge in [-0.05, 0) is 18.2 Å². The SMILES string of the molecule is COc1cc(NC(=O)C2CCSC2)c(Cl)cc1C(=O)O. The molecule has 1 aromatic carbocycles. The summed E-state index contributed by atoms with van der Waals surface area (Å²) in [4.78, 5) is 23.1. The van der Waals surface area contributed by atoms with Crippen LogP contribution in [0.2, 0.25) is 5.02 Å². The van der Waals surface area contributed by atoms with E-state index in [1.165, 1.54) is 19.2 Å². The fourth-order valence-electron chi connectivity index (χ4n) is 1.96. The Kier molecular flexibility index (Phi) is 4.77. The Bertz CT molecular complexity index is 543. The summed E-state index contributed by atoms with van der Waals surface area (Å²) in [6, 6.07) is 2.72. The molecule has 1 saturated heterocycles. The van der Waals surface area contributed by atoms with E-state index in [4.69, 9.17) is 21.4 Å². The zero-order valence-electron chi connectivity index (χ0n) is 10.8. The summed E-state index contributed by atoms with van der Waals surface area (Å²) < 4.78 is 5.01. The molecule has 0 saturated carbocycles. The lowest BCUT2D eigenvalue weighted by molar-refractivity contribution is -0.119. The average molecular weight is 316 g/mol. The number of methoxy groups -OCH3 is 1. The van der Waals surface area contributed by atoms with Crippen LogP contribution in [0.25, 0.3) is 0 Å². The molecule has 1 amide bonds. The Morgan fingerprint density at radius 1 is 1.50 bits per heavy atom. The molecule has 2 rings (SSSR count). The van der Waals surface area contributed by atoms with Crippen molar-refractivity contribution in [2.45, 2.75) is 6.42 Å². The van der Waals surface area contributed by atoms with Gasteiger partial charge in [-0.3, -0.25) is 4.79 Å². The lowest BCUT2D eigenvalue weighted by Crippen LogP contribution is -2.22. The number of anilines is 1. The van der Waals surface area contributed by atoms with Gasteiger partial charge < -0.3 is 15.2 Å². The van der Waals surface area contributed by atoms with Gasteiger partial charge >= 0.3 is 5.97 Å². The number of carbonyl (C=O) groups excluding carboxylic acids is 1. The lowest BCUT2D eigenvalue weighted by atomic mass is 10.1. The number of nitrogens with one attached hydrogen (secondary N) is 1. The molecule has 0 aliphatic carbocycles. The number of carboxylic acid groups (broad SMARTS) is 1. The molecule has 1 atom stereocenters. The van der Waals surface area contributed by atoms with Crippen LogP contribution in [-0.2, 0) is 4.79 Å². The maximum absolute atomic E-state index is 12.0. The molecule has 1 unspecified atom stereocenters. The highest BCUT2D eigenvalue weighted by atomic mass is 35.5. The molecule has 108 valence electrons. The van der Waals surface area contributed by atoms with Crippen molar-refractivity contribution in [3.8, 4) is 5.75 Å². The van der Waals surface area contributed by atoms with Gasteiger partial charge in [-0.2, -0.15) is 11.8 Å². The number of hydrogen-bond acceptors (Lipinski definition) is 4. The number of aromatic carboxylic acids is 1. The first-order chi connectivity index (χ1) is 9.52. The molecular weight excluding hydrogens is 302 g/mol. The molecule has 0 radical (unpaired) electrons. The largest absolute Gasteiger partial charge is 0.496 e. The summed E-state index contributed by atoms with van der Waals surface area (Å²) in [6.07, 6.45) is 0.846. The number of rotatable bonds is 4. The first kappa shape index (κ1) is 15.0. The molecule has 1 aliphatic rings. The smallest absolute Gasteiger partial charge is 0.339 e. The Morgan fingerprint density at radius 3 is 2.80 bits per heavy atom. The Labute approximate surface area is 125 Å². The minimum Gasteiger partial charge on any atom is -0.496 e. The molecule has 0 spiro atoms. The minimum atomic E-state index is -1.13. The first-order valence-electron chi connectivity index (χ1n) is 6.02. The number of carboxylic acids is 1. The summed E-state index contributed by atoms with van der Waals surface area (Å²) in [7, 11) is 1.37. The molecule has 5 nitrogen and oxygen atoms in total. The van der Waals surface area contributed by atoms with Crippen molar-refractivity contribution in [2.75, 3.05) is 23.9 Å². The quantitative estimate of drug-likeness (QED) is 0.893. The van der Waals surface area contributed by atoms with Crippen LogP contribution < -0.4 is 10.1 Å². The fourth-order valence-corrected chi connectivity index (χ4v) is 3.39. The molecule has 1 heterocycles. The summed E-state index contributed by atoms with van der Waals surface area (Å²) in [6.45, 7) is 0. The highest BCUT2D eigenvalue weighted by molar-refractivity contribution is 7.99. The van der Waals surface area contributed by atoms with E-state index in [1.807, 2.05) is 0 Å². The number of halogens is 1. The van der Waals surface area contributed by atoms with Crippen LogP contribution in [0.3, 0.4) is 0 Å². The maximum Gasteiger partial charge on any atom is 0.339 e. The van der Waals surface area contributed by atoms with Crippen LogP contribution in [0.5, 0.6) is 5.75 Å². The zero-order valence-corrected chi connectivity index (χ0v) is 12.4. The lowest BCUT2D eigenvalue weighted by Gasteiger charge is -2.13. The molecule has 20 heavy (non-hydrogen) atoms. The third kappa shape index (κ3) is 3.19. The van der Waals surface area contributed by atoms with Crippen molar-refractivity contribution in [3.63, 3.8) is 0 Å². The number of ether oxygens (including phenoxy) is 1. The van der Waals surface area contributed by atoms with Gasteiger partial charge in [0.15, 0.2) is 0 Å². The molecule has 2 N–H and O–H groups in total. The van der Waals surface area contributed by atoms with Crippen LogP contribution in [0, 0.1) is 5.92 Å². The predicted molar refractivity (Wildman–Crippen MR) is 79.0 cm³/mol. The van der Waals surface area contributed by atoms with Gasteiger partial charge in [-0.1, -0.05) is 11.6 Å². The monoisotopic (exact) mass is 315 g/mol. The molecule has 0 bridgehead atoms. The standard InChI is InChI=1S/C13H14ClNO4S/c1-19-11-5-10(9(14)4-8(11)13(17)18)15-12(16)7-2-3-20-6-7/h4-5,7H,2-3,6H2,1H3,(H,15,16)(H,17,18). The van der Waals surface area contributed by atoms with Crippen molar-refractivity contribution in [3.05, 3.63) is 22.7 Å². The van der Waals surface area contributed by atoms with E-state index in [-0.39, 0.29) is 28.2 Å². The second-order valence-electron chi connectivity index (χ2n) is 4.39. The van der Waals surface area contributed by atoms with Crippen LogP contribution in [0.1, 0.15) is 16.8 Å². The summed E-state index contributed by atoms with van der Waals surface area (Å²) in [5.41, 5.74) is 0.335. The third-order valence-electron chi connectivity index (χ3n) is 3.08. The van der Waals surface area contributed by atoms with Gasteiger partial charge in [-0.15, -0.1) is 0 Å². The van der Waals surface area contributed by atoms with E-state index >= 15 is 0 Å². The van der Waals surface area contributed by atoms with Gasteiger partial charge in [0.25, 0.3) is 0 Å². The second-order valence-corrected chi connectivity index (χ2v) is 5.94. The predicted octanol–water partition coefficient (Wildman–Crippen LogP) is 2.74. The third-order valence-corrected chi connectivity index (χ3v) is 4.55. The molecule has 7 heteroatoms. The zero-order chi connectivity index (χ0) is 14.7. The van der Waals surface area contributed by atoms with Gasteiger partial charge in [0.05, 0.1) is 17.8 Å². The average Bonchev–Trinajstić information content (AvgIpc) is 2.94. The number of hydrogen-bond donors (Lipinski definition) is 2. The van der Waals surface area contributed by atoms with Crippen molar-refractivity contribution in [1.82, 2.24) is 0 Å². The molecule has 0 aromatic heterocycles. The topological polar surface area (TPSA) is 75.6 Å². The van der Waals surface area contributed by atoms with Crippen molar-refractivity contribution in [1.29, 1.82) is 0 Å². The van der Waals surface area contributed by atoms with Crippen LogP contribution in [-0.4, -0.2) is 35.6 Å². The van der Waals surface area contributed by atoms with Crippen LogP contribution >= 0.6 is 23.4 Å². The summed E-state index contributed by atoms with van der Waals surface area (Å²) >= 11 is 7.76. The van der Waals surface area contributed by atoms with E-state index in [2.05, 4.69) is 5.32 Å². The number of amides is 1. The number of carbonyl (C=O) groups is 2. The highest BCUT2D eigenvalue weighted by Crippen LogP contribution is 2.32. The normalized spacial score (nSPS) is 17.8. The Hall–Kier alpha value is -1.40. The van der Waals surface area contributed by atoms with Crippen molar-refractivity contribution < 1.29 is 19.4 Å². The van der Waals surface area contributed by atoms with Gasteiger partial charge in [0.2, 0.25) is 5.91 Å².